The van der Waals surface area contributed by atoms with Gasteiger partial charge in [-0.25, -0.2) is 4.79 Å². The third kappa shape index (κ3) is 5.00. The summed E-state index contributed by atoms with van der Waals surface area (Å²) in [6.07, 6.45) is 0. The second kappa shape index (κ2) is 8.15. The van der Waals surface area contributed by atoms with Crippen LogP contribution in [0, 0.1) is 5.92 Å². The lowest BCUT2D eigenvalue weighted by Crippen LogP contribution is -2.39. The van der Waals surface area contributed by atoms with Crippen LogP contribution in [0.15, 0.2) is 24.3 Å². The first-order chi connectivity index (χ1) is 10.6. The quantitative estimate of drug-likeness (QED) is 0.879. The molecule has 1 unspecified atom stereocenters. The molecule has 2 rings (SSSR count). The fourth-order valence-corrected chi connectivity index (χ4v) is 2.31. The summed E-state index contributed by atoms with van der Waals surface area (Å²) in [6, 6.07) is 7.98. The minimum Gasteiger partial charge on any atom is -0.379 e. The summed E-state index contributed by atoms with van der Waals surface area (Å²) in [7, 11) is 0. The van der Waals surface area contributed by atoms with Gasteiger partial charge in [-0.15, -0.1) is 0 Å². The molecule has 5 heteroatoms. The summed E-state index contributed by atoms with van der Waals surface area (Å²) < 4.78 is 5.38. The number of urea groups is 1. The van der Waals surface area contributed by atoms with Crippen LogP contribution in [0.25, 0.3) is 0 Å². The molecular weight excluding hydrogens is 278 g/mol. The van der Waals surface area contributed by atoms with E-state index in [0.29, 0.717) is 5.92 Å². The van der Waals surface area contributed by atoms with E-state index < -0.39 is 0 Å². The highest BCUT2D eigenvalue weighted by atomic mass is 16.5. The monoisotopic (exact) mass is 305 g/mol. The predicted molar refractivity (Wildman–Crippen MR) is 89.0 cm³/mol. The van der Waals surface area contributed by atoms with Crippen LogP contribution in [-0.4, -0.2) is 43.3 Å². The maximum Gasteiger partial charge on any atom is 0.319 e. The van der Waals surface area contributed by atoms with Crippen LogP contribution < -0.4 is 10.6 Å². The number of ether oxygens (including phenoxy) is 1. The summed E-state index contributed by atoms with van der Waals surface area (Å²) in [5, 5.41) is 5.95. The first-order valence-corrected chi connectivity index (χ1v) is 8.02. The largest absolute Gasteiger partial charge is 0.379 e. The van der Waals surface area contributed by atoms with Gasteiger partial charge in [-0.3, -0.25) is 4.90 Å². The van der Waals surface area contributed by atoms with Crippen molar-refractivity contribution in [2.45, 2.75) is 33.4 Å². The van der Waals surface area contributed by atoms with Gasteiger partial charge >= 0.3 is 6.03 Å². The van der Waals surface area contributed by atoms with Crippen LogP contribution in [0.1, 0.15) is 26.3 Å². The lowest BCUT2D eigenvalue weighted by atomic mass is 10.1. The van der Waals surface area contributed by atoms with Crippen LogP contribution >= 0.6 is 0 Å². The molecule has 1 aliphatic heterocycles. The molecule has 122 valence electrons. The molecule has 1 saturated heterocycles. The highest BCUT2D eigenvalue weighted by Gasteiger charge is 2.15. The molecule has 1 aliphatic rings. The Bertz CT molecular complexity index is 485. The molecule has 0 radical (unpaired) electrons. The number of para-hydroxylation sites is 1. The molecular formula is C17H27N3O2. The Morgan fingerprint density at radius 2 is 1.91 bits per heavy atom. The molecule has 5 nitrogen and oxygen atoms in total. The van der Waals surface area contributed by atoms with Gasteiger partial charge in [0.25, 0.3) is 0 Å². The smallest absolute Gasteiger partial charge is 0.319 e. The zero-order valence-corrected chi connectivity index (χ0v) is 13.8. The van der Waals surface area contributed by atoms with Crippen molar-refractivity contribution in [2.75, 3.05) is 31.6 Å². The van der Waals surface area contributed by atoms with Crippen molar-refractivity contribution in [1.82, 2.24) is 10.2 Å². The summed E-state index contributed by atoms with van der Waals surface area (Å²) in [6.45, 7) is 10.5. The zero-order chi connectivity index (χ0) is 15.9. The average molecular weight is 305 g/mol. The van der Waals surface area contributed by atoms with Crippen molar-refractivity contribution in [3.8, 4) is 0 Å². The van der Waals surface area contributed by atoms with Crippen LogP contribution in [0.5, 0.6) is 0 Å². The minimum atomic E-state index is -0.143. The Kier molecular flexibility index (Phi) is 6.21. The number of nitrogens with one attached hydrogen (secondary N) is 2. The van der Waals surface area contributed by atoms with Gasteiger partial charge in [0.2, 0.25) is 0 Å². The number of hydrogen-bond donors (Lipinski definition) is 2. The zero-order valence-electron chi connectivity index (χ0n) is 13.8. The Labute approximate surface area is 133 Å². The van der Waals surface area contributed by atoms with Crippen LogP contribution in [-0.2, 0) is 11.3 Å². The van der Waals surface area contributed by atoms with E-state index in [1.165, 1.54) is 0 Å². The minimum absolute atomic E-state index is 0.143. The number of carbonyl (C=O) groups is 1. The van der Waals surface area contributed by atoms with Crippen molar-refractivity contribution in [1.29, 1.82) is 0 Å². The Balaban J connectivity index is 1.96. The van der Waals surface area contributed by atoms with Crippen molar-refractivity contribution in [2.24, 2.45) is 5.92 Å². The summed E-state index contributed by atoms with van der Waals surface area (Å²) in [4.78, 5) is 14.5. The van der Waals surface area contributed by atoms with E-state index in [0.717, 1.165) is 44.1 Å². The molecule has 0 aliphatic carbocycles. The maximum absolute atomic E-state index is 12.1. The molecule has 2 N–H and O–H groups in total. The lowest BCUT2D eigenvalue weighted by molar-refractivity contribution is 0.0343. The molecule has 0 aromatic heterocycles. The summed E-state index contributed by atoms with van der Waals surface area (Å²) in [5.41, 5.74) is 2.01. The molecule has 1 fully saturated rings. The number of benzene rings is 1. The number of hydrogen-bond acceptors (Lipinski definition) is 3. The van der Waals surface area contributed by atoms with Crippen molar-refractivity contribution in [3.05, 3.63) is 29.8 Å². The number of morpholine rings is 1. The van der Waals surface area contributed by atoms with E-state index in [-0.39, 0.29) is 12.1 Å². The van der Waals surface area contributed by atoms with Crippen LogP contribution in [0.3, 0.4) is 0 Å². The molecule has 1 atom stereocenters. The molecule has 1 aromatic carbocycles. The van der Waals surface area contributed by atoms with Crippen LogP contribution in [0.4, 0.5) is 10.5 Å². The molecule has 0 spiro atoms. The second-order valence-corrected chi connectivity index (χ2v) is 6.18. The van der Waals surface area contributed by atoms with E-state index in [2.05, 4.69) is 35.4 Å². The van der Waals surface area contributed by atoms with Crippen molar-refractivity contribution in [3.63, 3.8) is 0 Å². The van der Waals surface area contributed by atoms with E-state index in [1.54, 1.807) is 0 Å². The van der Waals surface area contributed by atoms with E-state index in [1.807, 2.05) is 25.1 Å². The second-order valence-electron chi connectivity index (χ2n) is 6.18. The van der Waals surface area contributed by atoms with Gasteiger partial charge < -0.3 is 15.4 Å². The standard InChI is InChI=1S/C17H27N3O2/c1-13(2)14(3)18-17(21)19-16-7-5-4-6-15(16)12-20-8-10-22-11-9-20/h4-7,13-14H,8-12H2,1-3H3,(H2,18,19,21). The van der Waals surface area contributed by atoms with Crippen LogP contribution in [0.2, 0.25) is 0 Å². The molecule has 0 bridgehead atoms. The van der Waals surface area contributed by atoms with Gasteiger partial charge in [0.1, 0.15) is 0 Å². The highest BCUT2D eigenvalue weighted by molar-refractivity contribution is 5.90. The summed E-state index contributed by atoms with van der Waals surface area (Å²) >= 11 is 0. The molecule has 1 aromatic rings. The highest BCUT2D eigenvalue weighted by Crippen LogP contribution is 2.18. The third-order valence-electron chi connectivity index (χ3n) is 4.12. The Hall–Kier alpha value is -1.59. The number of nitrogens with zero attached hydrogens (tertiary/aromatic N) is 1. The molecule has 0 saturated carbocycles. The van der Waals surface area contributed by atoms with Gasteiger partial charge in [-0.05, 0) is 24.5 Å². The topological polar surface area (TPSA) is 53.6 Å². The molecule has 2 amide bonds. The fourth-order valence-electron chi connectivity index (χ4n) is 2.31. The molecule has 22 heavy (non-hydrogen) atoms. The maximum atomic E-state index is 12.1. The van der Waals surface area contributed by atoms with E-state index in [9.17, 15) is 4.79 Å². The van der Waals surface area contributed by atoms with Gasteiger partial charge in [0.05, 0.1) is 13.2 Å². The first-order valence-electron chi connectivity index (χ1n) is 8.02. The van der Waals surface area contributed by atoms with Gasteiger partial charge in [-0.2, -0.15) is 0 Å². The number of anilines is 1. The average Bonchev–Trinajstić information content (AvgIpc) is 2.50. The molecule has 1 heterocycles. The van der Waals surface area contributed by atoms with Crippen molar-refractivity contribution < 1.29 is 9.53 Å². The van der Waals surface area contributed by atoms with E-state index >= 15 is 0 Å². The Morgan fingerprint density at radius 1 is 1.23 bits per heavy atom. The first kappa shape index (κ1) is 16.8. The number of carbonyl (C=O) groups excluding carboxylic acids is 1. The number of rotatable bonds is 5. The Morgan fingerprint density at radius 3 is 2.59 bits per heavy atom. The predicted octanol–water partition coefficient (Wildman–Crippen LogP) is 2.68. The normalized spacial score (nSPS) is 17.3. The summed E-state index contributed by atoms with van der Waals surface area (Å²) in [5.74, 6) is 0.411. The fraction of sp³-hybridized carbons (Fsp3) is 0.588. The SMILES string of the molecule is CC(C)C(C)NC(=O)Nc1ccccc1CN1CCOCC1. The number of amides is 2. The van der Waals surface area contributed by atoms with Gasteiger partial charge in [-0.1, -0.05) is 32.0 Å². The van der Waals surface area contributed by atoms with Crippen molar-refractivity contribution >= 4 is 11.7 Å². The van der Waals surface area contributed by atoms with E-state index in [4.69, 9.17) is 4.74 Å². The van der Waals surface area contributed by atoms with Gasteiger partial charge in [0, 0.05) is 31.4 Å². The lowest BCUT2D eigenvalue weighted by Gasteiger charge is -2.27. The van der Waals surface area contributed by atoms with Gasteiger partial charge in [0.15, 0.2) is 0 Å². The third-order valence-corrected chi connectivity index (χ3v) is 4.12.